The highest BCUT2D eigenvalue weighted by molar-refractivity contribution is 7.54. The number of rotatable bonds is 1. The predicted molar refractivity (Wildman–Crippen MR) is 51.6 cm³/mol. The van der Waals surface area contributed by atoms with Crippen molar-refractivity contribution in [1.29, 1.82) is 0 Å². The third kappa shape index (κ3) is 2.34. The summed E-state index contributed by atoms with van der Waals surface area (Å²) in [4.78, 5) is 0. The highest BCUT2D eigenvalue weighted by Gasteiger charge is 2.42. The van der Waals surface area contributed by atoms with Gasteiger partial charge < -0.3 is 9.05 Å². The normalized spacial score (nSPS) is 45.5. The molecule has 0 N–H and O–H groups in total. The van der Waals surface area contributed by atoms with Gasteiger partial charge in [0.15, 0.2) is 0 Å². The highest BCUT2D eigenvalue weighted by Crippen LogP contribution is 2.57. The van der Waals surface area contributed by atoms with Gasteiger partial charge in [-0.15, -0.1) is 6.42 Å². The summed E-state index contributed by atoms with van der Waals surface area (Å²) in [6.45, 7) is 3.78. The first-order chi connectivity index (χ1) is 5.93. The third-order valence-corrected chi connectivity index (χ3v) is 4.57. The van der Waals surface area contributed by atoms with Gasteiger partial charge in [0.05, 0.1) is 12.3 Å². The fourth-order valence-electron chi connectivity index (χ4n) is 1.69. The van der Waals surface area contributed by atoms with Gasteiger partial charge in [-0.3, -0.25) is 4.57 Å². The van der Waals surface area contributed by atoms with Crippen molar-refractivity contribution in [2.75, 3.05) is 13.3 Å². The molecule has 0 radical (unpaired) electrons. The minimum absolute atomic E-state index is 0.0967. The molecule has 3 atom stereocenters. The second-order valence-corrected chi connectivity index (χ2v) is 5.89. The van der Waals surface area contributed by atoms with E-state index in [0.717, 1.165) is 6.42 Å². The Bertz CT molecular complexity index is 281. The van der Waals surface area contributed by atoms with Gasteiger partial charge in [-0.1, -0.05) is 5.92 Å². The molecule has 0 aromatic heterocycles. The van der Waals surface area contributed by atoms with Crippen LogP contribution in [-0.2, 0) is 13.6 Å². The maximum Gasteiger partial charge on any atom is 0.332 e. The quantitative estimate of drug-likeness (QED) is 0.483. The Morgan fingerprint density at radius 3 is 2.85 bits per heavy atom. The zero-order valence-corrected chi connectivity index (χ0v) is 9.14. The molecule has 2 unspecified atom stereocenters. The minimum Gasteiger partial charge on any atom is -0.312 e. The summed E-state index contributed by atoms with van der Waals surface area (Å²) >= 11 is 0. The van der Waals surface area contributed by atoms with E-state index in [9.17, 15) is 4.57 Å². The van der Waals surface area contributed by atoms with E-state index in [0.29, 0.717) is 6.16 Å². The Kier molecular flexibility index (Phi) is 2.87. The van der Waals surface area contributed by atoms with Crippen molar-refractivity contribution in [3.63, 3.8) is 0 Å². The van der Waals surface area contributed by atoms with E-state index < -0.39 is 7.60 Å². The van der Waals surface area contributed by atoms with Crippen LogP contribution in [0, 0.1) is 17.8 Å². The lowest BCUT2D eigenvalue weighted by Crippen LogP contribution is -2.32. The lowest BCUT2D eigenvalue weighted by Gasteiger charge is -2.36. The first-order valence-corrected chi connectivity index (χ1v) is 5.97. The first-order valence-electron chi connectivity index (χ1n) is 4.24. The van der Waals surface area contributed by atoms with E-state index in [1.807, 2.05) is 13.8 Å². The Balaban J connectivity index is 2.88. The topological polar surface area (TPSA) is 35.5 Å². The molecule has 74 valence electrons. The van der Waals surface area contributed by atoms with E-state index in [-0.39, 0.29) is 11.5 Å². The molecule has 0 aliphatic carbocycles. The fraction of sp³-hybridized carbons (Fsp3) is 0.778. The summed E-state index contributed by atoms with van der Waals surface area (Å²) < 4.78 is 22.0. The standard InChI is InChI=1S/C9H15O3P/c1-5-9(3)6-8(2)12-13(10,7-9)11-4/h1,8H,6-7H2,2-4H3/t8?,9-,13?/m0/s1. The van der Waals surface area contributed by atoms with Crippen LogP contribution >= 0.6 is 7.60 Å². The number of terminal acetylenes is 1. The monoisotopic (exact) mass is 202 g/mol. The van der Waals surface area contributed by atoms with Gasteiger partial charge in [0.1, 0.15) is 0 Å². The van der Waals surface area contributed by atoms with E-state index in [4.69, 9.17) is 15.5 Å². The summed E-state index contributed by atoms with van der Waals surface area (Å²) in [5, 5.41) is 0. The van der Waals surface area contributed by atoms with Gasteiger partial charge in [0.25, 0.3) is 0 Å². The van der Waals surface area contributed by atoms with Crippen molar-refractivity contribution in [2.45, 2.75) is 26.4 Å². The Morgan fingerprint density at radius 1 is 1.77 bits per heavy atom. The molecule has 1 saturated heterocycles. The van der Waals surface area contributed by atoms with Crippen LogP contribution in [0.3, 0.4) is 0 Å². The second-order valence-electron chi connectivity index (χ2n) is 3.78. The summed E-state index contributed by atoms with van der Waals surface area (Å²) in [5.74, 6) is 2.67. The molecule has 1 aliphatic rings. The van der Waals surface area contributed by atoms with Crippen LogP contribution in [0.1, 0.15) is 20.3 Å². The van der Waals surface area contributed by atoms with Gasteiger partial charge in [-0.2, -0.15) is 0 Å². The maximum atomic E-state index is 11.8. The van der Waals surface area contributed by atoms with Crippen LogP contribution < -0.4 is 0 Å². The van der Waals surface area contributed by atoms with Crippen LogP contribution in [-0.4, -0.2) is 19.4 Å². The van der Waals surface area contributed by atoms with E-state index in [2.05, 4.69) is 5.92 Å². The summed E-state index contributed by atoms with van der Waals surface area (Å²) in [7, 11) is -1.53. The molecule has 13 heavy (non-hydrogen) atoms. The first kappa shape index (κ1) is 10.8. The molecule has 0 spiro atoms. The molecule has 1 aliphatic heterocycles. The Morgan fingerprint density at radius 2 is 2.38 bits per heavy atom. The van der Waals surface area contributed by atoms with E-state index >= 15 is 0 Å². The molecule has 3 nitrogen and oxygen atoms in total. The van der Waals surface area contributed by atoms with Crippen LogP contribution in [0.2, 0.25) is 0 Å². The summed E-state index contributed by atoms with van der Waals surface area (Å²) in [6, 6.07) is 0. The Labute approximate surface area is 79.3 Å². The van der Waals surface area contributed by atoms with Gasteiger partial charge in [0.2, 0.25) is 0 Å². The minimum atomic E-state index is -2.93. The fourth-order valence-corrected chi connectivity index (χ4v) is 3.68. The van der Waals surface area contributed by atoms with Gasteiger partial charge in [-0.05, 0) is 20.3 Å². The van der Waals surface area contributed by atoms with Crippen molar-refractivity contribution in [1.82, 2.24) is 0 Å². The average molecular weight is 202 g/mol. The van der Waals surface area contributed by atoms with Gasteiger partial charge in [-0.25, -0.2) is 0 Å². The van der Waals surface area contributed by atoms with Crippen LogP contribution in [0.5, 0.6) is 0 Å². The highest BCUT2D eigenvalue weighted by atomic mass is 31.2. The van der Waals surface area contributed by atoms with Crippen LogP contribution in [0.4, 0.5) is 0 Å². The molecule has 0 aromatic carbocycles. The van der Waals surface area contributed by atoms with Crippen molar-refractivity contribution >= 4 is 7.60 Å². The lowest BCUT2D eigenvalue weighted by molar-refractivity contribution is 0.112. The molecular weight excluding hydrogens is 187 g/mol. The number of hydrogen-bond donors (Lipinski definition) is 0. The summed E-state index contributed by atoms with van der Waals surface area (Å²) in [5.41, 5.74) is -0.358. The van der Waals surface area contributed by atoms with Crippen LogP contribution in [0.25, 0.3) is 0 Å². The molecular formula is C9H15O3P. The molecule has 1 fully saturated rings. The number of hydrogen-bond acceptors (Lipinski definition) is 3. The van der Waals surface area contributed by atoms with E-state index in [1.165, 1.54) is 7.11 Å². The smallest absolute Gasteiger partial charge is 0.312 e. The molecule has 0 bridgehead atoms. The largest absolute Gasteiger partial charge is 0.332 e. The molecule has 0 amide bonds. The maximum absolute atomic E-state index is 11.8. The lowest BCUT2D eigenvalue weighted by atomic mass is 9.88. The van der Waals surface area contributed by atoms with Crippen molar-refractivity contribution in [3.05, 3.63) is 0 Å². The SMILES string of the molecule is C#C[C@@]1(C)CC(C)OP(=O)(OC)C1. The zero-order valence-electron chi connectivity index (χ0n) is 8.24. The average Bonchev–Trinajstić information content (AvgIpc) is 2.02. The molecule has 0 aromatic rings. The van der Waals surface area contributed by atoms with Crippen LogP contribution in [0.15, 0.2) is 0 Å². The van der Waals surface area contributed by atoms with Crippen molar-refractivity contribution in [2.24, 2.45) is 5.41 Å². The Hall–Kier alpha value is -0.290. The third-order valence-electron chi connectivity index (χ3n) is 2.25. The van der Waals surface area contributed by atoms with Crippen molar-refractivity contribution < 1.29 is 13.6 Å². The van der Waals surface area contributed by atoms with Gasteiger partial charge >= 0.3 is 7.60 Å². The molecule has 1 heterocycles. The molecule has 1 rings (SSSR count). The molecule has 4 heteroatoms. The second kappa shape index (κ2) is 3.46. The van der Waals surface area contributed by atoms with E-state index in [1.54, 1.807) is 0 Å². The predicted octanol–water partition coefficient (Wildman–Crippen LogP) is 2.27. The summed E-state index contributed by atoms with van der Waals surface area (Å²) in [6.07, 6.45) is 6.35. The zero-order chi connectivity index (χ0) is 10.1. The van der Waals surface area contributed by atoms with Crippen molar-refractivity contribution in [3.8, 4) is 12.3 Å². The van der Waals surface area contributed by atoms with Gasteiger partial charge in [0, 0.05) is 12.5 Å². The molecule has 0 saturated carbocycles.